The van der Waals surface area contributed by atoms with Gasteiger partial charge in [0.25, 0.3) is 0 Å². The minimum Gasteiger partial charge on any atom is -0.326 e. The van der Waals surface area contributed by atoms with Gasteiger partial charge in [-0.1, -0.05) is 19.1 Å². The molecule has 0 saturated heterocycles. The number of halogens is 3. The maximum Gasteiger partial charge on any atom is 0.412 e. The van der Waals surface area contributed by atoms with Crippen LogP contribution in [0.3, 0.4) is 0 Å². The zero-order valence-electron chi connectivity index (χ0n) is 12.0. The van der Waals surface area contributed by atoms with E-state index < -0.39 is 11.7 Å². The van der Waals surface area contributed by atoms with E-state index in [9.17, 15) is 13.2 Å². The third kappa shape index (κ3) is 3.83. The van der Waals surface area contributed by atoms with E-state index in [0.717, 1.165) is 12.0 Å². The largest absolute Gasteiger partial charge is 0.412 e. The Bertz CT molecular complexity index is 485. The van der Waals surface area contributed by atoms with Crippen LogP contribution < -0.4 is 5.73 Å². The van der Waals surface area contributed by atoms with Crippen molar-refractivity contribution in [2.24, 2.45) is 5.73 Å². The minimum atomic E-state index is -4.22. The van der Waals surface area contributed by atoms with Gasteiger partial charge in [0.1, 0.15) is 0 Å². The summed E-state index contributed by atoms with van der Waals surface area (Å²) in [5.74, 6) is 0. The average Bonchev–Trinajstić information content (AvgIpc) is 2.48. The van der Waals surface area contributed by atoms with Crippen LogP contribution in [0.15, 0.2) is 36.2 Å². The molecule has 2 rings (SSSR count). The van der Waals surface area contributed by atoms with Gasteiger partial charge in [-0.05, 0) is 24.5 Å². The molecule has 1 aliphatic heterocycles. The highest BCUT2D eigenvalue weighted by molar-refractivity contribution is 5.20. The Morgan fingerprint density at radius 2 is 2.19 bits per heavy atom. The van der Waals surface area contributed by atoms with E-state index in [-0.39, 0.29) is 25.0 Å². The average molecular weight is 299 g/mol. The van der Waals surface area contributed by atoms with Crippen molar-refractivity contribution in [3.63, 3.8) is 0 Å². The summed E-state index contributed by atoms with van der Waals surface area (Å²) >= 11 is 0. The van der Waals surface area contributed by atoms with Crippen molar-refractivity contribution in [2.75, 3.05) is 13.1 Å². The lowest BCUT2D eigenvalue weighted by molar-refractivity contribution is -0.0965. The molecule has 6 heteroatoms. The summed E-state index contributed by atoms with van der Waals surface area (Å²) in [6.45, 7) is 2.61. The standard InChI is InChI=1S/C15H20F3N3/c1-2-13(19)14(11-4-3-7-20-10-11)21-8-5-12(6-9-21)15(16,17)18/h3-5,7,10,13-14H,2,6,8-9,19H2,1H3. The molecule has 0 aromatic carbocycles. The van der Waals surface area contributed by atoms with Gasteiger partial charge in [-0.3, -0.25) is 9.88 Å². The fraction of sp³-hybridized carbons (Fsp3) is 0.533. The lowest BCUT2D eigenvalue weighted by Crippen LogP contribution is -2.43. The zero-order chi connectivity index (χ0) is 15.5. The van der Waals surface area contributed by atoms with Gasteiger partial charge in [-0.25, -0.2) is 0 Å². The Labute approximate surface area is 122 Å². The number of nitrogens with two attached hydrogens (primary N) is 1. The van der Waals surface area contributed by atoms with Crippen molar-refractivity contribution in [1.82, 2.24) is 9.88 Å². The molecule has 1 aromatic heterocycles. The van der Waals surface area contributed by atoms with Crippen LogP contribution in [0.4, 0.5) is 13.2 Å². The van der Waals surface area contributed by atoms with Gasteiger partial charge in [0.2, 0.25) is 0 Å². The van der Waals surface area contributed by atoms with Crippen LogP contribution in [0.25, 0.3) is 0 Å². The first kappa shape index (κ1) is 16.0. The quantitative estimate of drug-likeness (QED) is 0.869. The Kier molecular flexibility index (Phi) is 5.00. The van der Waals surface area contributed by atoms with Gasteiger partial charge in [-0.2, -0.15) is 13.2 Å². The van der Waals surface area contributed by atoms with E-state index >= 15 is 0 Å². The van der Waals surface area contributed by atoms with Crippen molar-refractivity contribution in [1.29, 1.82) is 0 Å². The van der Waals surface area contributed by atoms with Crippen LogP contribution in [0, 0.1) is 0 Å². The van der Waals surface area contributed by atoms with Crippen LogP contribution in [0.5, 0.6) is 0 Å². The number of nitrogens with zero attached hydrogens (tertiary/aromatic N) is 2. The summed E-state index contributed by atoms with van der Waals surface area (Å²) in [4.78, 5) is 6.09. The Morgan fingerprint density at radius 1 is 1.43 bits per heavy atom. The predicted octanol–water partition coefficient (Wildman–Crippen LogP) is 3.05. The van der Waals surface area contributed by atoms with E-state index in [2.05, 4.69) is 4.98 Å². The molecule has 0 amide bonds. The van der Waals surface area contributed by atoms with Crippen LogP contribution in [-0.4, -0.2) is 35.2 Å². The van der Waals surface area contributed by atoms with E-state index in [4.69, 9.17) is 5.73 Å². The predicted molar refractivity (Wildman–Crippen MR) is 75.6 cm³/mol. The fourth-order valence-corrected chi connectivity index (χ4v) is 2.70. The number of pyridine rings is 1. The van der Waals surface area contributed by atoms with Crippen molar-refractivity contribution >= 4 is 0 Å². The maximum atomic E-state index is 12.7. The molecular weight excluding hydrogens is 279 g/mol. The molecule has 1 aliphatic rings. The molecule has 1 aromatic rings. The molecule has 2 N–H and O–H groups in total. The first-order valence-corrected chi connectivity index (χ1v) is 7.09. The summed E-state index contributed by atoms with van der Waals surface area (Å²) < 4.78 is 38.1. The Hall–Kier alpha value is -1.40. The van der Waals surface area contributed by atoms with Crippen molar-refractivity contribution < 1.29 is 13.2 Å². The SMILES string of the molecule is CCC(N)C(c1cccnc1)N1CC=C(C(F)(F)F)CC1. The molecule has 21 heavy (non-hydrogen) atoms. The normalized spacial score (nSPS) is 20.0. The van der Waals surface area contributed by atoms with E-state index in [0.29, 0.717) is 6.54 Å². The van der Waals surface area contributed by atoms with Crippen molar-refractivity contribution in [3.8, 4) is 0 Å². The molecule has 0 spiro atoms. The second-order valence-corrected chi connectivity index (χ2v) is 5.28. The lowest BCUT2D eigenvalue weighted by atomic mass is 9.95. The number of rotatable bonds is 4. The second kappa shape index (κ2) is 6.58. The van der Waals surface area contributed by atoms with Crippen molar-refractivity contribution in [3.05, 3.63) is 41.7 Å². The summed E-state index contributed by atoms with van der Waals surface area (Å²) in [5.41, 5.74) is 6.71. The molecule has 116 valence electrons. The van der Waals surface area contributed by atoms with Crippen LogP contribution in [-0.2, 0) is 0 Å². The number of hydrogen-bond donors (Lipinski definition) is 1. The van der Waals surface area contributed by atoms with E-state index in [1.807, 2.05) is 24.0 Å². The van der Waals surface area contributed by atoms with Crippen LogP contribution in [0.2, 0.25) is 0 Å². The fourth-order valence-electron chi connectivity index (χ4n) is 2.70. The van der Waals surface area contributed by atoms with Gasteiger partial charge < -0.3 is 5.73 Å². The third-order valence-corrected chi connectivity index (χ3v) is 3.90. The summed E-state index contributed by atoms with van der Waals surface area (Å²) in [5, 5.41) is 0. The topological polar surface area (TPSA) is 42.1 Å². The van der Waals surface area contributed by atoms with Crippen LogP contribution in [0.1, 0.15) is 31.4 Å². The van der Waals surface area contributed by atoms with Crippen molar-refractivity contribution in [2.45, 2.75) is 38.0 Å². The summed E-state index contributed by atoms with van der Waals surface area (Å²) in [6.07, 6.45) is 1.24. The Balaban J connectivity index is 2.19. The van der Waals surface area contributed by atoms with Gasteiger partial charge in [0.05, 0.1) is 6.04 Å². The molecule has 2 unspecified atom stereocenters. The van der Waals surface area contributed by atoms with Gasteiger partial charge in [-0.15, -0.1) is 0 Å². The van der Waals surface area contributed by atoms with E-state index in [1.165, 1.54) is 6.08 Å². The third-order valence-electron chi connectivity index (χ3n) is 3.90. The first-order chi connectivity index (χ1) is 9.93. The minimum absolute atomic E-state index is 0.0106. The zero-order valence-corrected chi connectivity index (χ0v) is 12.0. The monoisotopic (exact) mass is 299 g/mol. The molecule has 0 saturated carbocycles. The molecule has 0 aliphatic carbocycles. The molecule has 0 radical (unpaired) electrons. The highest BCUT2D eigenvalue weighted by atomic mass is 19.4. The second-order valence-electron chi connectivity index (χ2n) is 5.28. The first-order valence-electron chi connectivity index (χ1n) is 7.09. The molecule has 2 atom stereocenters. The molecule has 0 fully saturated rings. The smallest absolute Gasteiger partial charge is 0.326 e. The van der Waals surface area contributed by atoms with Gasteiger partial charge >= 0.3 is 6.18 Å². The molecule has 2 heterocycles. The highest BCUT2D eigenvalue weighted by Gasteiger charge is 2.36. The van der Waals surface area contributed by atoms with Gasteiger partial charge in [0, 0.05) is 37.1 Å². The number of alkyl halides is 3. The maximum absolute atomic E-state index is 12.7. The van der Waals surface area contributed by atoms with Gasteiger partial charge in [0.15, 0.2) is 0 Å². The summed E-state index contributed by atoms with van der Waals surface area (Å²) in [6, 6.07) is 3.52. The number of hydrogen-bond acceptors (Lipinski definition) is 3. The summed E-state index contributed by atoms with van der Waals surface area (Å²) in [7, 11) is 0. The molecule has 0 bridgehead atoms. The Morgan fingerprint density at radius 3 is 2.67 bits per heavy atom. The van der Waals surface area contributed by atoms with E-state index in [1.54, 1.807) is 12.4 Å². The highest BCUT2D eigenvalue weighted by Crippen LogP contribution is 2.33. The number of aromatic nitrogens is 1. The molecular formula is C15H20F3N3. The van der Waals surface area contributed by atoms with Crippen LogP contribution >= 0.6 is 0 Å². The lowest BCUT2D eigenvalue weighted by Gasteiger charge is -2.37. The molecule has 3 nitrogen and oxygen atoms in total.